The molecule has 0 amide bonds. The van der Waals surface area contributed by atoms with Gasteiger partial charge in [0.1, 0.15) is 5.75 Å². The molecule has 0 aromatic heterocycles. The second-order valence-electron chi connectivity index (χ2n) is 4.40. The van der Waals surface area contributed by atoms with E-state index in [0.717, 1.165) is 5.56 Å². The summed E-state index contributed by atoms with van der Waals surface area (Å²) < 4.78 is 5.27. The van der Waals surface area contributed by atoms with Gasteiger partial charge >= 0.3 is 0 Å². The van der Waals surface area contributed by atoms with Gasteiger partial charge in [0.2, 0.25) is 0 Å². The van der Waals surface area contributed by atoms with Crippen LogP contribution in [-0.2, 0) is 6.42 Å². The van der Waals surface area contributed by atoms with Gasteiger partial charge in [0.25, 0.3) is 0 Å². The lowest BCUT2D eigenvalue weighted by molar-refractivity contribution is 0.194. The summed E-state index contributed by atoms with van der Waals surface area (Å²) in [5.41, 5.74) is 2.13. The third kappa shape index (κ3) is 3.13. The number of methoxy groups -OCH3 is 1. The van der Waals surface area contributed by atoms with Crippen molar-refractivity contribution < 1.29 is 9.84 Å². The summed E-state index contributed by atoms with van der Waals surface area (Å²) in [6.07, 6.45) is 0.163. The van der Waals surface area contributed by atoms with Gasteiger partial charge in [0.15, 0.2) is 0 Å². The summed E-state index contributed by atoms with van der Waals surface area (Å²) >= 11 is 6.16. The van der Waals surface area contributed by atoms with E-state index in [1.807, 2.05) is 6.07 Å². The van der Waals surface area contributed by atoms with Gasteiger partial charge in [0.05, 0.1) is 18.2 Å². The number of hydrogen-bond acceptors (Lipinski definition) is 2. The highest BCUT2D eigenvalue weighted by molar-refractivity contribution is 6.32. The maximum atomic E-state index is 9.45. The normalized spacial score (nSPS) is 12.9. The highest BCUT2D eigenvalue weighted by Gasteiger charge is 2.13. The average molecular weight is 243 g/mol. The topological polar surface area (TPSA) is 29.5 Å². The first-order chi connectivity index (χ1) is 7.45. The summed E-state index contributed by atoms with van der Waals surface area (Å²) in [6, 6.07) is 3.98. The molecular formula is C13H19ClO2. The van der Waals surface area contributed by atoms with Gasteiger partial charge in [-0.1, -0.05) is 31.5 Å². The molecular weight excluding hydrogens is 224 g/mol. The molecule has 0 radical (unpaired) electrons. The van der Waals surface area contributed by atoms with Gasteiger partial charge in [-0.25, -0.2) is 0 Å². The van der Waals surface area contributed by atoms with Gasteiger partial charge in [-0.05, 0) is 30.0 Å². The van der Waals surface area contributed by atoms with Crippen LogP contribution in [0.15, 0.2) is 12.1 Å². The zero-order chi connectivity index (χ0) is 12.3. The fourth-order valence-corrected chi connectivity index (χ4v) is 2.03. The van der Waals surface area contributed by atoms with Crippen molar-refractivity contribution in [3.8, 4) is 5.75 Å². The van der Waals surface area contributed by atoms with Crippen LogP contribution in [0, 0.1) is 0 Å². The van der Waals surface area contributed by atoms with Crippen LogP contribution in [0.3, 0.4) is 0 Å². The van der Waals surface area contributed by atoms with Crippen molar-refractivity contribution in [2.24, 2.45) is 0 Å². The first-order valence-corrected chi connectivity index (χ1v) is 5.87. The van der Waals surface area contributed by atoms with E-state index in [0.29, 0.717) is 23.1 Å². The molecule has 1 N–H and O–H groups in total. The molecule has 0 aliphatic carbocycles. The predicted octanol–water partition coefficient (Wildman–Crippen LogP) is 3.40. The third-order valence-electron chi connectivity index (χ3n) is 2.53. The van der Waals surface area contributed by atoms with Crippen LogP contribution in [0.4, 0.5) is 0 Å². The van der Waals surface area contributed by atoms with Crippen molar-refractivity contribution in [1.82, 2.24) is 0 Å². The molecule has 0 saturated heterocycles. The molecule has 90 valence electrons. The van der Waals surface area contributed by atoms with E-state index in [4.69, 9.17) is 16.3 Å². The van der Waals surface area contributed by atoms with Crippen LogP contribution in [0.1, 0.15) is 37.8 Å². The average Bonchev–Trinajstić information content (AvgIpc) is 2.16. The van der Waals surface area contributed by atoms with Crippen LogP contribution in [0.25, 0.3) is 0 Å². The van der Waals surface area contributed by atoms with E-state index >= 15 is 0 Å². The molecule has 0 saturated carbocycles. The molecule has 2 nitrogen and oxygen atoms in total. The number of aliphatic hydroxyl groups excluding tert-OH is 1. The largest absolute Gasteiger partial charge is 0.495 e. The SMILES string of the molecule is COc1c(Cl)cc(C(C)C)cc1CC(C)O. The van der Waals surface area contributed by atoms with Crippen LogP contribution < -0.4 is 4.74 Å². The highest BCUT2D eigenvalue weighted by Crippen LogP contribution is 2.33. The van der Waals surface area contributed by atoms with Crippen molar-refractivity contribution in [2.75, 3.05) is 7.11 Å². The van der Waals surface area contributed by atoms with Gasteiger partial charge in [-0.2, -0.15) is 0 Å². The van der Waals surface area contributed by atoms with Crippen LogP contribution in [0.2, 0.25) is 5.02 Å². The molecule has 16 heavy (non-hydrogen) atoms. The number of benzene rings is 1. The lowest BCUT2D eigenvalue weighted by Crippen LogP contribution is -2.07. The van der Waals surface area contributed by atoms with Crippen molar-refractivity contribution in [2.45, 2.75) is 39.2 Å². The standard InChI is InChI=1S/C13H19ClO2/c1-8(2)10-6-11(5-9(3)15)13(16-4)12(14)7-10/h6-9,15H,5H2,1-4H3. The minimum Gasteiger partial charge on any atom is -0.495 e. The Morgan fingerprint density at radius 2 is 1.94 bits per heavy atom. The molecule has 1 rings (SSSR count). The zero-order valence-electron chi connectivity index (χ0n) is 10.2. The summed E-state index contributed by atoms with van der Waals surface area (Å²) in [6.45, 7) is 5.99. The van der Waals surface area contributed by atoms with E-state index in [1.54, 1.807) is 14.0 Å². The molecule has 0 aliphatic rings. The number of hydrogen-bond donors (Lipinski definition) is 1. The maximum absolute atomic E-state index is 9.45. The summed E-state index contributed by atoms with van der Waals surface area (Å²) in [4.78, 5) is 0. The highest BCUT2D eigenvalue weighted by atomic mass is 35.5. The van der Waals surface area contributed by atoms with Gasteiger partial charge in [-0.15, -0.1) is 0 Å². The Balaban J connectivity index is 3.19. The van der Waals surface area contributed by atoms with Crippen molar-refractivity contribution in [3.05, 3.63) is 28.3 Å². The minimum absolute atomic E-state index is 0.396. The lowest BCUT2D eigenvalue weighted by Gasteiger charge is -2.15. The number of halogens is 1. The van der Waals surface area contributed by atoms with Crippen molar-refractivity contribution in [3.63, 3.8) is 0 Å². The molecule has 0 heterocycles. The summed E-state index contributed by atoms with van der Waals surface area (Å²) in [7, 11) is 1.60. The minimum atomic E-state index is -0.396. The summed E-state index contributed by atoms with van der Waals surface area (Å²) in [5.74, 6) is 1.09. The number of rotatable bonds is 4. The third-order valence-corrected chi connectivity index (χ3v) is 2.81. The zero-order valence-corrected chi connectivity index (χ0v) is 11.0. The van der Waals surface area contributed by atoms with E-state index < -0.39 is 6.10 Å². The molecule has 1 atom stereocenters. The Bertz CT molecular complexity index is 359. The smallest absolute Gasteiger partial charge is 0.140 e. The van der Waals surface area contributed by atoms with Gasteiger partial charge in [-0.3, -0.25) is 0 Å². The Hall–Kier alpha value is -0.730. The molecule has 3 heteroatoms. The maximum Gasteiger partial charge on any atom is 0.140 e. The molecule has 1 aromatic carbocycles. The van der Waals surface area contributed by atoms with E-state index in [2.05, 4.69) is 19.9 Å². The second kappa shape index (κ2) is 5.55. The Labute approximate surface area is 102 Å². The Morgan fingerprint density at radius 1 is 1.31 bits per heavy atom. The summed E-state index contributed by atoms with van der Waals surface area (Å²) in [5, 5.41) is 10.1. The van der Waals surface area contributed by atoms with Crippen LogP contribution >= 0.6 is 11.6 Å². The molecule has 1 aromatic rings. The molecule has 0 fully saturated rings. The van der Waals surface area contributed by atoms with E-state index in [1.165, 1.54) is 5.56 Å². The van der Waals surface area contributed by atoms with E-state index in [9.17, 15) is 5.11 Å². The number of aliphatic hydroxyl groups is 1. The van der Waals surface area contributed by atoms with Crippen LogP contribution in [0.5, 0.6) is 5.75 Å². The predicted molar refractivity (Wildman–Crippen MR) is 67.5 cm³/mol. The molecule has 0 aliphatic heterocycles. The second-order valence-corrected chi connectivity index (χ2v) is 4.81. The molecule has 0 spiro atoms. The van der Waals surface area contributed by atoms with Gasteiger partial charge < -0.3 is 9.84 Å². The Kier molecular flexibility index (Phi) is 4.63. The fourth-order valence-electron chi connectivity index (χ4n) is 1.71. The van der Waals surface area contributed by atoms with Crippen LogP contribution in [-0.4, -0.2) is 18.3 Å². The quantitative estimate of drug-likeness (QED) is 0.877. The fraction of sp³-hybridized carbons (Fsp3) is 0.538. The Morgan fingerprint density at radius 3 is 2.38 bits per heavy atom. The monoisotopic (exact) mass is 242 g/mol. The first kappa shape index (κ1) is 13.3. The number of ether oxygens (including phenoxy) is 1. The van der Waals surface area contributed by atoms with Crippen molar-refractivity contribution in [1.29, 1.82) is 0 Å². The lowest BCUT2D eigenvalue weighted by atomic mass is 9.97. The molecule has 0 bridgehead atoms. The van der Waals surface area contributed by atoms with E-state index in [-0.39, 0.29) is 0 Å². The molecule has 1 unspecified atom stereocenters. The van der Waals surface area contributed by atoms with Crippen molar-refractivity contribution >= 4 is 11.6 Å². The van der Waals surface area contributed by atoms with Gasteiger partial charge in [0, 0.05) is 6.42 Å². The first-order valence-electron chi connectivity index (χ1n) is 5.50.